The van der Waals surface area contributed by atoms with Crippen LogP contribution in [0.3, 0.4) is 0 Å². The van der Waals surface area contributed by atoms with Crippen molar-refractivity contribution in [2.45, 2.75) is 201 Å². The molecular formula is C57H89N7O15. The largest absolute Gasteiger partial charge is 0.497 e. The minimum atomic E-state index is -1.76. The van der Waals surface area contributed by atoms with Crippen LogP contribution in [-0.2, 0) is 63.8 Å². The van der Waals surface area contributed by atoms with Gasteiger partial charge in [0.1, 0.15) is 54.2 Å². The molecule has 22 heteroatoms. The van der Waals surface area contributed by atoms with Crippen molar-refractivity contribution in [3.63, 3.8) is 0 Å². The number of ketones is 1. The summed E-state index contributed by atoms with van der Waals surface area (Å²) in [6.07, 6.45) is -4.99. The van der Waals surface area contributed by atoms with Crippen molar-refractivity contribution < 1.29 is 72.4 Å². The zero-order chi connectivity index (χ0) is 59.3. The van der Waals surface area contributed by atoms with E-state index < -0.39 is 150 Å². The average molecular weight is 1110 g/mol. The van der Waals surface area contributed by atoms with Crippen molar-refractivity contribution >= 4 is 59.1 Å². The quantitative estimate of drug-likeness (QED) is 0.124. The Balaban J connectivity index is 1.89. The van der Waals surface area contributed by atoms with Gasteiger partial charge in [-0.3, -0.25) is 43.2 Å². The normalized spacial score (nSPS) is 27.7. The highest BCUT2D eigenvalue weighted by atomic mass is 16.6. The molecule has 0 radical (unpaired) electrons. The number of methoxy groups -OCH3 is 1. The number of amides is 7. The summed E-state index contributed by atoms with van der Waals surface area (Å²) in [7, 11) is 4.29. The number of aliphatic hydroxyl groups excluding tert-OH is 2. The molecule has 442 valence electrons. The van der Waals surface area contributed by atoms with Crippen molar-refractivity contribution in [1.82, 2.24) is 35.6 Å². The summed E-state index contributed by atoms with van der Waals surface area (Å²) in [6, 6.07) is -2.19. The van der Waals surface area contributed by atoms with Gasteiger partial charge in [-0.1, -0.05) is 73.9 Å². The maximum absolute atomic E-state index is 15.0. The molecule has 0 bridgehead atoms. The molecule has 7 amide bonds. The SMILES string of the molecule is CC[C@H](C)[C@H]1NC(=O)[C@@H](NC(=O)[C@@H](CC(C)C)N(C)C(=O)[C@@H]2CCCN2C(=O)[C@H](C)O)[C@@H](C)OC(=O)[C@H](Cc2ccc(OC)cc2)N(C)C(=O)C2CCCN2C(=O)[C@H](CC(C)C)NC(=O)[C@@H](C)C(=O)[C@H](C(C)C)OC(=O)C[C@@H]1O. The van der Waals surface area contributed by atoms with Gasteiger partial charge in [-0.05, 0) is 101 Å². The van der Waals surface area contributed by atoms with E-state index in [2.05, 4.69) is 16.0 Å². The molecule has 4 rings (SSSR count). The van der Waals surface area contributed by atoms with Crippen LogP contribution < -0.4 is 20.7 Å². The molecule has 0 aliphatic carbocycles. The summed E-state index contributed by atoms with van der Waals surface area (Å²) >= 11 is 0. The van der Waals surface area contributed by atoms with E-state index in [1.54, 1.807) is 52.0 Å². The van der Waals surface area contributed by atoms with Crippen LogP contribution in [0.5, 0.6) is 5.75 Å². The molecule has 5 N–H and O–H groups in total. The van der Waals surface area contributed by atoms with Crippen LogP contribution in [0.15, 0.2) is 24.3 Å². The number of likely N-dealkylation sites (tertiary alicyclic amines) is 1. The number of hydrogen-bond acceptors (Lipinski definition) is 15. The molecule has 13 atom stereocenters. The number of cyclic esters (lactones) is 2. The second-order valence-electron chi connectivity index (χ2n) is 23.0. The molecule has 79 heavy (non-hydrogen) atoms. The molecule has 1 aromatic rings. The number of carbonyl (C=O) groups excluding carboxylic acids is 10. The fourth-order valence-electron chi connectivity index (χ4n) is 10.5. The molecular weight excluding hydrogens is 1020 g/mol. The first kappa shape index (κ1) is 65.4. The van der Waals surface area contributed by atoms with E-state index in [1.165, 1.54) is 61.6 Å². The standard InChI is InChI=1S/C57H89N7O15/c1-15-33(8)46-44(66)29-45(67)79-49(32(6)7)48(68)34(9)50(69)58-39(26-30(2)3)54(73)64-25-17-19-41(64)56(75)62(13)43(28-37-20-22-38(77-14)23-21-37)57(76)78-36(11)47(52(71)59-46)60-51(70)42(27-31(4)5)61(12)55(74)40-18-16-24-63(40)53(72)35(10)65/h20-23,30-36,39-44,46-47,49,65-66H,15-19,24-29H2,1-14H3,(H,58,69)(H,59,71)(H,60,70)/t33-,34-,35-,36+,39-,40-,41?,42+,43-,44-,46+,47-,49-/m0/s1. The predicted octanol–water partition coefficient (Wildman–Crippen LogP) is 2.32. The van der Waals surface area contributed by atoms with Crippen molar-refractivity contribution in [3.8, 4) is 5.75 Å². The minimum Gasteiger partial charge on any atom is -0.497 e. The second-order valence-corrected chi connectivity index (χ2v) is 23.0. The number of fused-ring (bicyclic) bond motifs is 1. The number of rotatable bonds is 15. The molecule has 3 fully saturated rings. The van der Waals surface area contributed by atoms with Crippen molar-refractivity contribution in [1.29, 1.82) is 0 Å². The number of aliphatic hydroxyl groups is 2. The Morgan fingerprint density at radius 2 is 1.49 bits per heavy atom. The van der Waals surface area contributed by atoms with E-state index in [0.29, 0.717) is 30.6 Å². The Kier molecular flexibility index (Phi) is 24.3. The average Bonchev–Trinajstić information content (AvgIpc) is 4.13. The highest BCUT2D eigenvalue weighted by Gasteiger charge is 2.46. The van der Waals surface area contributed by atoms with Crippen LogP contribution in [0, 0.1) is 29.6 Å². The molecule has 0 aromatic heterocycles. The Bertz CT molecular complexity index is 2330. The monoisotopic (exact) mass is 1110 g/mol. The van der Waals surface area contributed by atoms with E-state index in [9.17, 15) is 53.4 Å². The van der Waals surface area contributed by atoms with Gasteiger partial charge in [0, 0.05) is 33.6 Å². The summed E-state index contributed by atoms with van der Waals surface area (Å²) in [6.45, 7) is 18.4. The Morgan fingerprint density at radius 1 is 0.861 bits per heavy atom. The lowest BCUT2D eigenvalue weighted by molar-refractivity contribution is -0.163. The number of nitrogens with zero attached hydrogens (tertiary/aromatic N) is 4. The fraction of sp³-hybridized carbons (Fsp3) is 0.719. The van der Waals surface area contributed by atoms with Crippen LogP contribution in [0.4, 0.5) is 0 Å². The smallest absolute Gasteiger partial charge is 0.329 e. The molecule has 0 spiro atoms. The van der Waals surface area contributed by atoms with Gasteiger partial charge in [0.25, 0.3) is 5.91 Å². The first-order chi connectivity index (χ1) is 37.0. The Labute approximate surface area is 465 Å². The molecule has 3 aliphatic heterocycles. The number of Topliss-reactive ketones (excluding diaryl/α,β-unsaturated/α-hetero) is 1. The number of benzene rings is 1. The van der Waals surface area contributed by atoms with Crippen molar-refractivity contribution in [2.75, 3.05) is 34.3 Å². The van der Waals surface area contributed by atoms with Crippen molar-refractivity contribution in [3.05, 3.63) is 29.8 Å². The number of ether oxygens (including phenoxy) is 3. The van der Waals surface area contributed by atoms with Crippen LogP contribution in [0.2, 0.25) is 0 Å². The molecule has 3 heterocycles. The lowest BCUT2D eigenvalue weighted by Gasteiger charge is -2.36. The summed E-state index contributed by atoms with van der Waals surface area (Å²) in [5, 5.41) is 30.2. The number of hydrogen-bond donors (Lipinski definition) is 5. The number of carbonyl (C=O) groups is 10. The van der Waals surface area contributed by atoms with E-state index in [0.717, 1.165) is 0 Å². The lowest BCUT2D eigenvalue weighted by atomic mass is 9.91. The Hall–Kier alpha value is -6.16. The van der Waals surface area contributed by atoms with Gasteiger partial charge < -0.3 is 60.0 Å². The van der Waals surface area contributed by atoms with Gasteiger partial charge in [0.05, 0.1) is 31.6 Å². The molecule has 1 aromatic carbocycles. The Morgan fingerprint density at radius 3 is 2.06 bits per heavy atom. The maximum atomic E-state index is 15.0. The summed E-state index contributed by atoms with van der Waals surface area (Å²) in [5.41, 5.74) is 0.571. The zero-order valence-electron chi connectivity index (χ0n) is 48.8. The topological polar surface area (TPSA) is 288 Å². The van der Waals surface area contributed by atoms with E-state index in [1.807, 2.05) is 27.7 Å². The van der Waals surface area contributed by atoms with Gasteiger partial charge >= 0.3 is 11.9 Å². The summed E-state index contributed by atoms with van der Waals surface area (Å²) < 4.78 is 17.2. The van der Waals surface area contributed by atoms with Crippen LogP contribution >= 0.6 is 0 Å². The predicted molar refractivity (Wildman–Crippen MR) is 290 cm³/mol. The molecule has 3 aliphatic rings. The van der Waals surface area contributed by atoms with Gasteiger partial charge in [0.15, 0.2) is 11.9 Å². The van der Waals surface area contributed by atoms with Gasteiger partial charge in [-0.25, -0.2) is 4.79 Å². The first-order valence-electron chi connectivity index (χ1n) is 28.0. The molecule has 22 nitrogen and oxygen atoms in total. The lowest BCUT2D eigenvalue weighted by Crippen LogP contribution is -2.62. The third-order valence-electron chi connectivity index (χ3n) is 15.5. The van der Waals surface area contributed by atoms with Crippen molar-refractivity contribution in [2.24, 2.45) is 29.6 Å². The third kappa shape index (κ3) is 16.9. The fourth-order valence-corrected chi connectivity index (χ4v) is 10.5. The summed E-state index contributed by atoms with van der Waals surface area (Å²) in [4.78, 5) is 149. The number of nitrogens with one attached hydrogen (secondary N) is 3. The highest BCUT2D eigenvalue weighted by Crippen LogP contribution is 2.27. The van der Waals surface area contributed by atoms with E-state index in [4.69, 9.17) is 14.2 Å². The number of likely N-dealkylation sites (N-methyl/N-ethyl adjacent to an activating group) is 2. The van der Waals surface area contributed by atoms with Crippen LogP contribution in [-0.4, -0.2) is 190 Å². The van der Waals surface area contributed by atoms with Gasteiger partial charge in [0.2, 0.25) is 35.4 Å². The highest BCUT2D eigenvalue weighted by molar-refractivity contribution is 6.05. The minimum absolute atomic E-state index is 0.0720. The van der Waals surface area contributed by atoms with Crippen LogP contribution in [0.1, 0.15) is 133 Å². The van der Waals surface area contributed by atoms with Gasteiger partial charge in [-0.15, -0.1) is 0 Å². The first-order valence-corrected chi connectivity index (χ1v) is 28.0. The zero-order valence-corrected chi connectivity index (χ0v) is 48.8. The van der Waals surface area contributed by atoms with E-state index >= 15 is 4.79 Å². The second kappa shape index (κ2) is 29.3. The van der Waals surface area contributed by atoms with Crippen LogP contribution in [0.25, 0.3) is 0 Å². The summed E-state index contributed by atoms with van der Waals surface area (Å²) in [5.74, 6) is -10.3. The third-order valence-corrected chi connectivity index (χ3v) is 15.5. The molecule has 1 unspecified atom stereocenters. The van der Waals surface area contributed by atoms with E-state index in [-0.39, 0.29) is 57.0 Å². The van der Waals surface area contributed by atoms with Gasteiger partial charge in [-0.2, -0.15) is 0 Å². The number of esters is 2. The molecule has 0 saturated carbocycles. The molecule has 3 saturated heterocycles. The maximum Gasteiger partial charge on any atom is 0.329 e.